The molecular formula is C34H41NO9. The predicted octanol–water partition coefficient (Wildman–Crippen LogP) is 7.47. The number of rotatable bonds is 18. The van der Waals surface area contributed by atoms with Crippen LogP contribution in [0.5, 0.6) is 46.0 Å². The molecular weight excluding hydrogens is 566 g/mol. The van der Waals surface area contributed by atoms with Gasteiger partial charge in [0.15, 0.2) is 40.3 Å². The molecule has 4 rings (SSSR count). The summed E-state index contributed by atoms with van der Waals surface area (Å²) in [6.07, 6.45) is 5.06. The fraction of sp³-hybridized carbons (Fsp3) is 0.382. The summed E-state index contributed by atoms with van der Waals surface area (Å²) in [4.78, 5) is 0. The summed E-state index contributed by atoms with van der Waals surface area (Å²) in [5.74, 6) is 5.62. The average molecular weight is 608 g/mol. The molecule has 0 saturated heterocycles. The molecule has 10 heteroatoms. The Bertz CT molecular complexity index is 1460. The molecule has 0 spiro atoms. The molecule has 0 aliphatic rings. The van der Waals surface area contributed by atoms with Gasteiger partial charge in [0.25, 0.3) is 0 Å². The summed E-state index contributed by atoms with van der Waals surface area (Å²) < 4.78 is 50.3. The number of ether oxygens (including phenoxy) is 8. The van der Waals surface area contributed by atoms with Gasteiger partial charge in [-0.05, 0) is 55.3 Å². The smallest absolute Gasteiger partial charge is 0.203 e. The molecule has 1 aromatic heterocycles. The monoisotopic (exact) mass is 607 g/mol. The van der Waals surface area contributed by atoms with Gasteiger partial charge in [-0.2, -0.15) is 0 Å². The molecule has 0 amide bonds. The Morgan fingerprint density at radius 2 is 1.05 bits per heavy atom. The lowest BCUT2D eigenvalue weighted by atomic mass is 10.1. The van der Waals surface area contributed by atoms with E-state index in [9.17, 15) is 0 Å². The van der Waals surface area contributed by atoms with Crippen molar-refractivity contribution in [3.8, 4) is 68.6 Å². The highest BCUT2D eigenvalue weighted by Crippen LogP contribution is 2.42. The van der Waals surface area contributed by atoms with Crippen molar-refractivity contribution in [3.05, 3.63) is 54.6 Å². The fourth-order valence-electron chi connectivity index (χ4n) is 4.71. The number of benzene rings is 3. The quantitative estimate of drug-likeness (QED) is 0.106. The summed E-state index contributed by atoms with van der Waals surface area (Å²) in [6, 6.07) is 16.7. The second-order valence-electron chi connectivity index (χ2n) is 9.84. The molecule has 1 heterocycles. The second kappa shape index (κ2) is 16.2. The van der Waals surface area contributed by atoms with Gasteiger partial charge in [-0.15, -0.1) is 0 Å². The number of aromatic nitrogens is 1. The van der Waals surface area contributed by atoms with Crippen LogP contribution < -0.4 is 37.9 Å². The fourth-order valence-corrected chi connectivity index (χ4v) is 4.71. The van der Waals surface area contributed by atoms with Crippen LogP contribution in [0.1, 0.15) is 32.1 Å². The Morgan fingerprint density at radius 1 is 0.500 bits per heavy atom. The van der Waals surface area contributed by atoms with Gasteiger partial charge in [0.1, 0.15) is 11.4 Å². The van der Waals surface area contributed by atoms with Gasteiger partial charge in [-0.25, -0.2) is 0 Å². The van der Waals surface area contributed by atoms with Crippen LogP contribution >= 0.6 is 0 Å². The largest absolute Gasteiger partial charge is 0.497 e. The average Bonchev–Trinajstić information content (AvgIpc) is 3.57. The zero-order valence-corrected chi connectivity index (χ0v) is 26.3. The summed E-state index contributed by atoms with van der Waals surface area (Å²) in [6.45, 7) is 1.19. The number of nitrogens with zero attached hydrogens (tertiary/aromatic N) is 1. The number of hydrogen-bond donors (Lipinski definition) is 0. The molecule has 0 bridgehead atoms. The third-order valence-electron chi connectivity index (χ3n) is 7.09. The molecule has 0 atom stereocenters. The molecule has 236 valence electrons. The van der Waals surface area contributed by atoms with Crippen molar-refractivity contribution in [2.45, 2.75) is 32.1 Å². The molecule has 0 N–H and O–H groups in total. The Balaban J connectivity index is 1.28. The van der Waals surface area contributed by atoms with Crippen LogP contribution in [0.15, 0.2) is 59.1 Å². The first kappa shape index (κ1) is 32.2. The van der Waals surface area contributed by atoms with Crippen LogP contribution in [-0.2, 0) is 0 Å². The highest BCUT2D eigenvalue weighted by Gasteiger charge is 2.18. The molecule has 0 unspecified atom stereocenters. The topological polar surface area (TPSA) is 99.9 Å². The van der Waals surface area contributed by atoms with Crippen LogP contribution in [0.2, 0.25) is 0 Å². The standard InChI is InChI=1S/C34H41NO9/c1-36-25-13-15-28(38-3)31(21-25)43-17-11-9-7-8-10-16-42-30-18-23(12-14-27(30)37-2)29-22-26(35-44-29)24-19-32(39-4)34(41-6)33(20-24)40-5/h12-15,18-22H,7-11,16-17H2,1-6H3. The van der Waals surface area contributed by atoms with E-state index in [1.54, 1.807) is 42.7 Å². The molecule has 10 nitrogen and oxygen atoms in total. The first-order valence-corrected chi connectivity index (χ1v) is 14.5. The van der Waals surface area contributed by atoms with E-state index in [0.717, 1.165) is 49.0 Å². The van der Waals surface area contributed by atoms with E-state index in [4.69, 9.17) is 42.4 Å². The van der Waals surface area contributed by atoms with Crippen LogP contribution in [-0.4, -0.2) is 61.0 Å². The Hall–Kier alpha value is -4.73. The van der Waals surface area contributed by atoms with Crippen molar-refractivity contribution < 1.29 is 42.4 Å². The Labute approximate surface area is 258 Å². The van der Waals surface area contributed by atoms with E-state index in [2.05, 4.69) is 5.16 Å². The predicted molar refractivity (Wildman–Crippen MR) is 167 cm³/mol. The number of unbranched alkanes of at least 4 members (excludes halogenated alkanes) is 4. The van der Waals surface area contributed by atoms with Gasteiger partial charge in [-0.3, -0.25) is 0 Å². The summed E-state index contributed by atoms with van der Waals surface area (Å²) in [5, 5.41) is 4.27. The SMILES string of the molecule is COc1ccc(OC)c(OCCCCCCCOc2cc(-c3cc(-c4cc(OC)c(OC)c(OC)c4)no3)ccc2OC)c1. The third-order valence-corrected chi connectivity index (χ3v) is 7.09. The molecule has 0 aliphatic carbocycles. The van der Waals surface area contributed by atoms with Gasteiger partial charge in [-0.1, -0.05) is 24.4 Å². The van der Waals surface area contributed by atoms with Crippen LogP contribution in [0.4, 0.5) is 0 Å². The maximum atomic E-state index is 6.12. The zero-order valence-electron chi connectivity index (χ0n) is 26.3. The van der Waals surface area contributed by atoms with Gasteiger partial charge in [0.05, 0.1) is 55.9 Å². The van der Waals surface area contributed by atoms with Gasteiger partial charge >= 0.3 is 0 Å². The number of hydrogen-bond acceptors (Lipinski definition) is 10. The molecule has 44 heavy (non-hydrogen) atoms. The Kier molecular flexibility index (Phi) is 11.9. The van der Waals surface area contributed by atoms with Crippen LogP contribution in [0.3, 0.4) is 0 Å². The van der Waals surface area contributed by atoms with Crippen molar-refractivity contribution in [3.63, 3.8) is 0 Å². The van der Waals surface area contributed by atoms with Crippen molar-refractivity contribution >= 4 is 0 Å². The van der Waals surface area contributed by atoms with Crippen LogP contribution in [0.25, 0.3) is 22.6 Å². The maximum absolute atomic E-state index is 6.12. The minimum absolute atomic E-state index is 0.513. The van der Waals surface area contributed by atoms with E-state index in [1.165, 1.54) is 0 Å². The lowest BCUT2D eigenvalue weighted by Crippen LogP contribution is -2.01. The maximum Gasteiger partial charge on any atom is 0.203 e. The lowest BCUT2D eigenvalue weighted by Gasteiger charge is -2.13. The normalized spacial score (nSPS) is 10.7. The molecule has 3 aromatic carbocycles. The van der Waals surface area contributed by atoms with Crippen molar-refractivity contribution in [1.29, 1.82) is 0 Å². The molecule has 4 aromatic rings. The minimum atomic E-state index is 0.513. The summed E-state index contributed by atoms with van der Waals surface area (Å²) >= 11 is 0. The van der Waals surface area contributed by atoms with E-state index < -0.39 is 0 Å². The van der Waals surface area contributed by atoms with Gasteiger partial charge < -0.3 is 42.4 Å². The number of methoxy groups -OCH3 is 6. The molecule has 0 aliphatic heterocycles. The van der Waals surface area contributed by atoms with Crippen molar-refractivity contribution in [2.75, 3.05) is 55.9 Å². The van der Waals surface area contributed by atoms with Gasteiger partial charge in [0, 0.05) is 23.3 Å². The third kappa shape index (κ3) is 8.00. The second-order valence-corrected chi connectivity index (χ2v) is 9.84. The van der Waals surface area contributed by atoms with E-state index >= 15 is 0 Å². The lowest BCUT2D eigenvalue weighted by molar-refractivity contribution is 0.275. The highest BCUT2D eigenvalue weighted by atomic mass is 16.5. The zero-order chi connectivity index (χ0) is 31.3. The van der Waals surface area contributed by atoms with Gasteiger partial charge in [0.2, 0.25) is 5.75 Å². The summed E-state index contributed by atoms with van der Waals surface area (Å²) in [5.41, 5.74) is 2.22. The first-order valence-electron chi connectivity index (χ1n) is 14.5. The highest BCUT2D eigenvalue weighted by molar-refractivity contribution is 5.72. The van der Waals surface area contributed by atoms with E-state index in [-0.39, 0.29) is 0 Å². The molecule has 0 radical (unpaired) electrons. The van der Waals surface area contributed by atoms with E-state index in [0.29, 0.717) is 64.9 Å². The molecule has 0 fully saturated rings. The van der Waals surface area contributed by atoms with Crippen molar-refractivity contribution in [2.24, 2.45) is 0 Å². The summed E-state index contributed by atoms with van der Waals surface area (Å²) in [7, 11) is 9.61. The van der Waals surface area contributed by atoms with Crippen molar-refractivity contribution in [1.82, 2.24) is 5.16 Å². The minimum Gasteiger partial charge on any atom is -0.497 e. The Morgan fingerprint density at radius 3 is 1.61 bits per heavy atom. The molecule has 0 saturated carbocycles. The first-order chi connectivity index (χ1) is 21.5. The van der Waals surface area contributed by atoms with E-state index in [1.807, 2.05) is 54.6 Å². The van der Waals surface area contributed by atoms with Crippen LogP contribution in [0, 0.1) is 0 Å².